The number of benzene rings is 1. The Morgan fingerprint density at radius 1 is 1.20 bits per heavy atom. The molecule has 0 bridgehead atoms. The van der Waals surface area contributed by atoms with Gasteiger partial charge in [-0.25, -0.2) is 0 Å². The molecule has 1 unspecified atom stereocenters. The summed E-state index contributed by atoms with van der Waals surface area (Å²) in [5.41, 5.74) is 1.22. The van der Waals surface area contributed by atoms with Crippen molar-refractivity contribution in [2.45, 2.75) is 52.2 Å². The fourth-order valence-electron chi connectivity index (χ4n) is 2.41. The smallest absolute Gasteiger partial charge is 0.222 e. The SMILES string of the molecule is C=O.CC.COCc1ccccc1.O=C(CC1CC1)N1CCC(O)C1. The van der Waals surface area contributed by atoms with Crippen molar-refractivity contribution >= 4 is 12.7 Å². The van der Waals surface area contributed by atoms with Crippen LogP contribution in [-0.4, -0.2) is 49.0 Å². The Bertz CT molecular complexity index is 448. The molecule has 0 spiro atoms. The van der Waals surface area contributed by atoms with Crippen molar-refractivity contribution in [3.8, 4) is 0 Å². The van der Waals surface area contributed by atoms with Gasteiger partial charge in [0.25, 0.3) is 0 Å². The maximum Gasteiger partial charge on any atom is 0.222 e. The molecule has 2 aliphatic rings. The van der Waals surface area contributed by atoms with Gasteiger partial charge < -0.3 is 19.5 Å². The number of β-amino-alcohol motifs (C(OH)–C–C–N with tert-alkyl or cyclic N) is 1. The van der Waals surface area contributed by atoms with Gasteiger partial charge in [-0.1, -0.05) is 44.2 Å². The first-order valence-electron chi connectivity index (χ1n) is 8.96. The molecule has 1 heterocycles. The third-order valence-electron chi connectivity index (χ3n) is 3.83. The Labute approximate surface area is 152 Å². The number of likely N-dealkylation sites (tertiary alicyclic amines) is 1. The van der Waals surface area contributed by atoms with Gasteiger partial charge in [0.2, 0.25) is 5.91 Å². The van der Waals surface area contributed by atoms with Crippen LogP contribution in [0.15, 0.2) is 30.3 Å². The van der Waals surface area contributed by atoms with Crippen molar-refractivity contribution in [2.75, 3.05) is 20.2 Å². The molecule has 1 aromatic rings. The molecule has 5 nitrogen and oxygen atoms in total. The summed E-state index contributed by atoms with van der Waals surface area (Å²) in [4.78, 5) is 21.3. The topological polar surface area (TPSA) is 66.8 Å². The molecule has 1 N–H and O–H groups in total. The summed E-state index contributed by atoms with van der Waals surface area (Å²) < 4.78 is 4.93. The van der Waals surface area contributed by atoms with Gasteiger partial charge in [-0.2, -0.15) is 0 Å². The lowest BCUT2D eigenvalue weighted by Crippen LogP contribution is -2.29. The second-order valence-electron chi connectivity index (χ2n) is 5.85. The third kappa shape index (κ3) is 10.7. The van der Waals surface area contributed by atoms with Crippen molar-refractivity contribution < 1.29 is 19.4 Å². The summed E-state index contributed by atoms with van der Waals surface area (Å²) in [7, 11) is 1.70. The second-order valence-corrected chi connectivity index (χ2v) is 5.85. The van der Waals surface area contributed by atoms with Gasteiger partial charge in [-0.15, -0.1) is 0 Å². The van der Waals surface area contributed by atoms with E-state index in [4.69, 9.17) is 9.53 Å². The molecule has 1 amide bonds. The Balaban J connectivity index is 0.000000396. The molecule has 3 rings (SSSR count). The molecule has 2 fully saturated rings. The number of amides is 1. The first-order valence-corrected chi connectivity index (χ1v) is 8.96. The van der Waals surface area contributed by atoms with Crippen molar-refractivity contribution in [2.24, 2.45) is 5.92 Å². The van der Waals surface area contributed by atoms with E-state index in [1.54, 1.807) is 12.0 Å². The van der Waals surface area contributed by atoms with Crippen molar-refractivity contribution in [3.63, 3.8) is 0 Å². The van der Waals surface area contributed by atoms with E-state index in [0.717, 1.165) is 13.0 Å². The number of carbonyl (C=O) groups excluding carboxylic acids is 2. The van der Waals surface area contributed by atoms with Crippen LogP contribution in [0, 0.1) is 5.92 Å². The van der Waals surface area contributed by atoms with Gasteiger partial charge in [-0.3, -0.25) is 4.79 Å². The van der Waals surface area contributed by atoms with Gasteiger partial charge in [0, 0.05) is 26.6 Å². The lowest BCUT2D eigenvalue weighted by atomic mass is 10.2. The third-order valence-corrected chi connectivity index (χ3v) is 3.83. The number of hydrogen-bond acceptors (Lipinski definition) is 4. The Morgan fingerprint density at radius 3 is 2.24 bits per heavy atom. The van der Waals surface area contributed by atoms with E-state index in [1.807, 2.05) is 51.0 Å². The minimum absolute atomic E-state index is 0.244. The van der Waals surface area contributed by atoms with Gasteiger partial charge >= 0.3 is 0 Å². The quantitative estimate of drug-likeness (QED) is 0.905. The number of nitrogens with zero attached hydrogens (tertiary/aromatic N) is 1. The number of methoxy groups -OCH3 is 1. The normalized spacial score (nSPS) is 17.9. The number of aliphatic hydroxyl groups excluding tert-OH is 1. The van der Waals surface area contributed by atoms with Crippen LogP contribution in [0.2, 0.25) is 0 Å². The van der Waals surface area contributed by atoms with Gasteiger partial charge in [0.15, 0.2) is 0 Å². The number of ether oxygens (including phenoxy) is 1. The van der Waals surface area contributed by atoms with Crippen LogP contribution < -0.4 is 0 Å². The van der Waals surface area contributed by atoms with Crippen LogP contribution in [-0.2, 0) is 20.9 Å². The maximum absolute atomic E-state index is 11.5. The fourth-order valence-corrected chi connectivity index (χ4v) is 2.41. The number of carbonyl (C=O) groups is 2. The first kappa shape index (κ1) is 23.3. The monoisotopic (exact) mass is 351 g/mol. The summed E-state index contributed by atoms with van der Waals surface area (Å²) in [5.74, 6) is 0.907. The largest absolute Gasteiger partial charge is 0.391 e. The first-order chi connectivity index (χ1) is 12.2. The van der Waals surface area contributed by atoms with E-state index in [-0.39, 0.29) is 12.0 Å². The van der Waals surface area contributed by atoms with Gasteiger partial charge in [0.1, 0.15) is 6.79 Å². The zero-order valence-electron chi connectivity index (χ0n) is 15.8. The fraction of sp³-hybridized carbons (Fsp3) is 0.600. The van der Waals surface area contributed by atoms with Gasteiger partial charge in [0.05, 0.1) is 12.7 Å². The Kier molecular flexibility index (Phi) is 13.6. The molecule has 25 heavy (non-hydrogen) atoms. The van der Waals surface area contributed by atoms with Crippen molar-refractivity contribution in [1.29, 1.82) is 0 Å². The minimum atomic E-state index is -0.270. The minimum Gasteiger partial charge on any atom is -0.391 e. The van der Waals surface area contributed by atoms with Crippen LogP contribution in [0.5, 0.6) is 0 Å². The number of aliphatic hydroxyl groups is 1. The van der Waals surface area contributed by atoms with Crippen LogP contribution in [0.1, 0.15) is 45.1 Å². The zero-order chi connectivity index (χ0) is 19.1. The molecule has 0 aromatic heterocycles. The molecule has 1 aromatic carbocycles. The molecule has 0 radical (unpaired) electrons. The van der Waals surface area contributed by atoms with E-state index < -0.39 is 0 Å². The van der Waals surface area contributed by atoms with E-state index >= 15 is 0 Å². The van der Waals surface area contributed by atoms with Gasteiger partial charge in [-0.05, 0) is 30.7 Å². The maximum atomic E-state index is 11.5. The number of rotatable bonds is 4. The molecular weight excluding hydrogens is 318 g/mol. The summed E-state index contributed by atoms with van der Waals surface area (Å²) in [6.45, 7) is 8.03. The second kappa shape index (κ2) is 14.6. The predicted octanol–water partition coefficient (Wildman–Crippen LogP) is 3.05. The summed E-state index contributed by atoms with van der Waals surface area (Å²) in [6.07, 6.45) is 3.65. The molecule has 1 aliphatic carbocycles. The summed E-state index contributed by atoms with van der Waals surface area (Å²) in [5, 5.41) is 9.20. The Hall–Kier alpha value is -1.72. The average Bonchev–Trinajstić information content (AvgIpc) is 3.37. The Morgan fingerprint density at radius 2 is 1.80 bits per heavy atom. The lowest BCUT2D eigenvalue weighted by Gasteiger charge is -2.14. The summed E-state index contributed by atoms with van der Waals surface area (Å²) in [6, 6.07) is 10.1. The highest BCUT2D eigenvalue weighted by molar-refractivity contribution is 5.77. The van der Waals surface area contributed by atoms with E-state index in [1.165, 1.54) is 18.4 Å². The average molecular weight is 351 g/mol. The highest BCUT2D eigenvalue weighted by atomic mass is 16.5. The van der Waals surface area contributed by atoms with E-state index in [2.05, 4.69) is 0 Å². The molecule has 5 heteroatoms. The molecule has 1 atom stereocenters. The molecular formula is C20H33NO4. The summed E-state index contributed by atoms with van der Waals surface area (Å²) >= 11 is 0. The van der Waals surface area contributed by atoms with E-state index in [9.17, 15) is 9.90 Å². The standard InChI is InChI=1S/C9H15NO2.C8H10O.C2H6.CH2O/c11-8-3-4-10(6-8)9(12)5-7-1-2-7;1-9-7-8-5-3-2-4-6-8;2*1-2/h7-8,11H,1-6H2;2-6H,7H2,1H3;1-2H3;1H2. The molecule has 1 aliphatic heterocycles. The molecule has 142 valence electrons. The van der Waals surface area contributed by atoms with E-state index in [0.29, 0.717) is 25.5 Å². The molecule has 1 saturated carbocycles. The lowest BCUT2D eigenvalue weighted by molar-refractivity contribution is -0.130. The van der Waals surface area contributed by atoms with Crippen molar-refractivity contribution in [1.82, 2.24) is 4.90 Å². The number of hydrogen-bond donors (Lipinski definition) is 1. The van der Waals surface area contributed by atoms with Crippen molar-refractivity contribution in [3.05, 3.63) is 35.9 Å². The highest BCUT2D eigenvalue weighted by Crippen LogP contribution is 2.33. The molecule has 1 saturated heterocycles. The van der Waals surface area contributed by atoms with Crippen LogP contribution in [0.25, 0.3) is 0 Å². The van der Waals surface area contributed by atoms with Crippen LogP contribution >= 0.6 is 0 Å². The van der Waals surface area contributed by atoms with Crippen LogP contribution in [0.3, 0.4) is 0 Å². The highest BCUT2D eigenvalue weighted by Gasteiger charge is 2.30. The van der Waals surface area contributed by atoms with Crippen LogP contribution in [0.4, 0.5) is 0 Å². The predicted molar refractivity (Wildman–Crippen MR) is 100 cm³/mol. The zero-order valence-corrected chi connectivity index (χ0v) is 15.8.